The molecule has 3 nitrogen and oxygen atoms in total. The molecule has 0 aliphatic rings. The number of nitrogens with one attached hydrogen (secondary N) is 1. The molecule has 1 atom stereocenters. The van der Waals surface area contributed by atoms with E-state index in [1.54, 1.807) is 11.3 Å². The first-order valence-corrected chi connectivity index (χ1v) is 7.36. The van der Waals surface area contributed by atoms with Gasteiger partial charge in [0.15, 0.2) is 0 Å². The minimum atomic E-state index is 0.239. The molecule has 0 amide bonds. The first-order valence-electron chi connectivity index (χ1n) is 6.48. The molecule has 1 N–H and O–H groups in total. The number of rotatable bonds is 5. The normalized spacial score (nSPS) is 12.9. The molecule has 0 aliphatic heterocycles. The lowest BCUT2D eigenvalue weighted by molar-refractivity contribution is 0.561. The van der Waals surface area contributed by atoms with Crippen molar-refractivity contribution in [2.24, 2.45) is 0 Å². The van der Waals surface area contributed by atoms with Crippen molar-refractivity contribution in [3.63, 3.8) is 0 Å². The minimum absolute atomic E-state index is 0.239. The Hall–Kier alpha value is -1.13. The van der Waals surface area contributed by atoms with Crippen molar-refractivity contribution in [2.45, 2.75) is 39.8 Å². The molecular formula is C14H21N3S. The second-order valence-corrected chi connectivity index (χ2v) is 5.56. The van der Waals surface area contributed by atoms with E-state index in [-0.39, 0.29) is 6.04 Å². The molecule has 2 heterocycles. The van der Waals surface area contributed by atoms with Gasteiger partial charge >= 0.3 is 0 Å². The van der Waals surface area contributed by atoms with E-state index in [9.17, 15) is 0 Å². The quantitative estimate of drug-likeness (QED) is 0.898. The molecule has 0 aliphatic carbocycles. The van der Waals surface area contributed by atoms with E-state index >= 15 is 0 Å². The zero-order chi connectivity index (χ0) is 13.1. The largest absolute Gasteiger partial charge is 0.308 e. The summed E-state index contributed by atoms with van der Waals surface area (Å²) in [6.45, 7) is 7.35. The van der Waals surface area contributed by atoms with Gasteiger partial charge in [-0.1, -0.05) is 6.92 Å². The van der Waals surface area contributed by atoms with Gasteiger partial charge in [0.05, 0.1) is 17.4 Å². The highest BCUT2D eigenvalue weighted by Crippen LogP contribution is 2.26. The Labute approximate surface area is 113 Å². The number of aromatic nitrogens is 2. The summed E-state index contributed by atoms with van der Waals surface area (Å²) in [6, 6.07) is 4.71. The van der Waals surface area contributed by atoms with Gasteiger partial charge in [0.2, 0.25) is 0 Å². The van der Waals surface area contributed by atoms with Crippen molar-refractivity contribution in [3.8, 4) is 0 Å². The SMILES string of the molecule is CCc1cc(C(NC)c2csc(C)c2)n(CC)n1. The lowest BCUT2D eigenvalue weighted by Crippen LogP contribution is -2.20. The summed E-state index contributed by atoms with van der Waals surface area (Å²) in [5.74, 6) is 0. The summed E-state index contributed by atoms with van der Waals surface area (Å²) in [5, 5.41) is 10.3. The molecule has 0 aromatic carbocycles. The van der Waals surface area contributed by atoms with Crippen LogP contribution in [0.1, 0.15) is 41.7 Å². The first-order chi connectivity index (χ1) is 8.69. The number of aryl methyl sites for hydroxylation is 3. The van der Waals surface area contributed by atoms with Crippen LogP contribution in [0.4, 0.5) is 0 Å². The molecule has 18 heavy (non-hydrogen) atoms. The van der Waals surface area contributed by atoms with Gasteiger partial charge in [0.25, 0.3) is 0 Å². The number of hydrogen-bond donors (Lipinski definition) is 1. The molecule has 0 saturated heterocycles. The van der Waals surface area contributed by atoms with E-state index in [0.29, 0.717) is 0 Å². The molecule has 2 aromatic rings. The van der Waals surface area contributed by atoms with Crippen LogP contribution in [0, 0.1) is 6.92 Å². The highest BCUT2D eigenvalue weighted by molar-refractivity contribution is 7.10. The molecule has 2 aromatic heterocycles. The third kappa shape index (κ3) is 2.49. The zero-order valence-corrected chi connectivity index (χ0v) is 12.3. The predicted octanol–water partition coefficient (Wildman–Crippen LogP) is 3.14. The summed E-state index contributed by atoms with van der Waals surface area (Å²) in [5.41, 5.74) is 3.76. The van der Waals surface area contributed by atoms with E-state index in [2.05, 4.69) is 53.4 Å². The van der Waals surface area contributed by atoms with Crippen LogP contribution in [0.2, 0.25) is 0 Å². The lowest BCUT2D eigenvalue weighted by atomic mass is 10.1. The maximum atomic E-state index is 4.63. The third-order valence-corrected chi connectivity index (χ3v) is 4.07. The molecule has 0 radical (unpaired) electrons. The second kappa shape index (κ2) is 5.67. The van der Waals surface area contributed by atoms with Gasteiger partial charge in [-0.3, -0.25) is 4.68 Å². The fourth-order valence-corrected chi connectivity index (χ4v) is 2.98. The van der Waals surface area contributed by atoms with Gasteiger partial charge in [0, 0.05) is 11.4 Å². The Balaban J connectivity index is 2.40. The van der Waals surface area contributed by atoms with Crippen molar-refractivity contribution < 1.29 is 0 Å². The van der Waals surface area contributed by atoms with Crippen molar-refractivity contribution in [2.75, 3.05) is 7.05 Å². The fraction of sp³-hybridized carbons (Fsp3) is 0.500. The molecule has 0 saturated carbocycles. The van der Waals surface area contributed by atoms with E-state index in [0.717, 1.165) is 13.0 Å². The average Bonchev–Trinajstić information content (AvgIpc) is 2.97. The lowest BCUT2D eigenvalue weighted by Gasteiger charge is -2.16. The summed E-state index contributed by atoms with van der Waals surface area (Å²) in [7, 11) is 2.01. The summed E-state index contributed by atoms with van der Waals surface area (Å²) in [6.07, 6.45) is 0.985. The van der Waals surface area contributed by atoms with Gasteiger partial charge in [-0.15, -0.1) is 11.3 Å². The number of thiophene rings is 1. The van der Waals surface area contributed by atoms with E-state index < -0.39 is 0 Å². The molecule has 2 rings (SSSR count). The standard InChI is InChI=1S/C14H21N3S/c1-5-12-8-13(17(6-2)16-12)14(15-4)11-7-10(3)18-9-11/h7-9,14-15H,5-6H2,1-4H3. The zero-order valence-electron chi connectivity index (χ0n) is 11.5. The smallest absolute Gasteiger partial charge is 0.0754 e. The highest BCUT2D eigenvalue weighted by atomic mass is 32.1. The molecule has 4 heteroatoms. The van der Waals surface area contributed by atoms with Crippen LogP contribution >= 0.6 is 11.3 Å². The van der Waals surface area contributed by atoms with Crippen molar-refractivity contribution in [1.29, 1.82) is 0 Å². The summed E-state index contributed by atoms with van der Waals surface area (Å²) in [4.78, 5) is 1.35. The molecule has 1 unspecified atom stereocenters. The monoisotopic (exact) mass is 263 g/mol. The molecule has 0 bridgehead atoms. The van der Waals surface area contributed by atoms with Crippen LogP contribution in [0.25, 0.3) is 0 Å². The van der Waals surface area contributed by atoms with Gasteiger partial charge in [-0.2, -0.15) is 5.10 Å². The van der Waals surface area contributed by atoms with E-state index in [4.69, 9.17) is 0 Å². The van der Waals surface area contributed by atoms with Crippen LogP contribution in [0.3, 0.4) is 0 Å². The molecule has 0 spiro atoms. The van der Waals surface area contributed by atoms with Gasteiger partial charge < -0.3 is 5.32 Å². The number of hydrogen-bond acceptors (Lipinski definition) is 3. The topological polar surface area (TPSA) is 29.9 Å². The van der Waals surface area contributed by atoms with Crippen LogP contribution < -0.4 is 5.32 Å². The Morgan fingerprint density at radius 2 is 2.17 bits per heavy atom. The van der Waals surface area contributed by atoms with Crippen molar-refractivity contribution in [3.05, 3.63) is 39.3 Å². The van der Waals surface area contributed by atoms with Gasteiger partial charge in [0.1, 0.15) is 0 Å². The minimum Gasteiger partial charge on any atom is -0.308 e. The predicted molar refractivity (Wildman–Crippen MR) is 77.2 cm³/mol. The third-order valence-electron chi connectivity index (χ3n) is 3.19. The average molecular weight is 263 g/mol. The molecular weight excluding hydrogens is 242 g/mol. The van der Waals surface area contributed by atoms with Crippen LogP contribution in [-0.4, -0.2) is 16.8 Å². The summed E-state index contributed by atoms with van der Waals surface area (Å²) < 4.78 is 2.10. The molecule has 98 valence electrons. The fourth-order valence-electron chi connectivity index (χ4n) is 2.25. The van der Waals surface area contributed by atoms with E-state index in [1.807, 2.05) is 7.05 Å². The van der Waals surface area contributed by atoms with E-state index in [1.165, 1.54) is 21.8 Å². The van der Waals surface area contributed by atoms with Crippen molar-refractivity contribution in [1.82, 2.24) is 15.1 Å². The number of nitrogens with zero attached hydrogens (tertiary/aromatic N) is 2. The Bertz CT molecular complexity index is 513. The van der Waals surface area contributed by atoms with Gasteiger partial charge in [-0.05, 0) is 50.4 Å². The molecule has 0 fully saturated rings. The Morgan fingerprint density at radius 1 is 1.39 bits per heavy atom. The second-order valence-electron chi connectivity index (χ2n) is 4.44. The Kier molecular flexibility index (Phi) is 4.19. The van der Waals surface area contributed by atoms with Crippen molar-refractivity contribution >= 4 is 11.3 Å². The van der Waals surface area contributed by atoms with Crippen LogP contribution in [0.5, 0.6) is 0 Å². The maximum absolute atomic E-state index is 4.63. The highest BCUT2D eigenvalue weighted by Gasteiger charge is 2.18. The van der Waals surface area contributed by atoms with Crippen LogP contribution in [-0.2, 0) is 13.0 Å². The van der Waals surface area contributed by atoms with Crippen LogP contribution in [0.15, 0.2) is 17.5 Å². The Morgan fingerprint density at radius 3 is 2.67 bits per heavy atom. The summed E-state index contributed by atoms with van der Waals surface area (Å²) >= 11 is 1.80. The van der Waals surface area contributed by atoms with Gasteiger partial charge in [-0.25, -0.2) is 0 Å². The maximum Gasteiger partial charge on any atom is 0.0754 e. The first kappa shape index (κ1) is 13.3.